The number of oxime groups is 1. The van der Waals surface area contributed by atoms with E-state index in [1.807, 2.05) is 0 Å². The Hall–Kier alpha value is -1.52. The molecule has 0 bridgehead atoms. The first-order valence-electron chi connectivity index (χ1n) is 4.37. The van der Waals surface area contributed by atoms with E-state index in [2.05, 4.69) is 5.16 Å². The maximum absolute atomic E-state index is 12.2. The molecule has 1 N–H and O–H groups in total. The Kier molecular flexibility index (Phi) is 3.34. The third-order valence-electron chi connectivity index (χ3n) is 2.00. The lowest BCUT2D eigenvalue weighted by Crippen LogP contribution is -2.06. The Morgan fingerprint density at radius 3 is 2.13 bits per heavy atom. The molecule has 1 aromatic carbocycles. The lowest BCUT2D eigenvalue weighted by molar-refractivity contribution is -0.137. The highest BCUT2D eigenvalue weighted by Crippen LogP contribution is 2.29. The molecule has 5 heteroatoms. The summed E-state index contributed by atoms with van der Waals surface area (Å²) in [5.41, 5.74) is 0.149. The quantitative estimate of drug-likeness (QED) is 0.460. The topological polar surface area (TPSA) is 32.6 Å². The van der Waals surface area contributed by atoms with E-state index < -0.39 is 11.7 Å². The third kappa shape index (κ3) is 2.71. The van der Waals surface area contributed by atoms with E-state index in [1.165, 1.54) is 12.1 Å². The molecule has 0 amide bonds. The van der Waals surface area contributed by atoms with Gasteiger partial charge in [0.05, 0.1) is 11.3 Å². The van der Waals surface area contributed by atoms with E-state index in [1.54, 1.807) is 6.92 Å². The molecule has 0 spiro atoms. The van der Waals surface area contributed by atoms with Gasteiger partial charge in [0, 0.05) is 0 Å². The van der Waals surface area contributed by atoms with Crippen molar-refractivity contribution in [2.45, 2.75) is 19.5 Å². The summed E-state index contributed by atoms with van der Waals surface area (Å²) in [6.07, 6.45) is -3.87. The average Bonchev–Trinajstić information content (AvgIpc) is 2.19. The molecular weight excluding hydrogens is 207 g/mol. The van der Waals surface area contributed by atoms with Crippen LogP contribution in [0.25, 0.3) is 0 Å². The SMILES string of the molecule is CCC(=NO)c1ccc(C(F)(F)F)cc1. The molecule has 0 aliphatic carbocycles. The third-order valence-corrected chi connectivity index (χ3v) is 2.00. The van der Waals surface area contributed by atoms with Crippen molar-refractivity contribution in [3.63, 3.8) is 0 Å². The van der Waals surface area contributed by atoms with Crippen LogP contribution >= 0.6 is 0 Å². The lowest BCUT2D eigenvalue weighted by Gasteiger charge is -2.07. The molecule has 82 valence electrons. The number of rotatable bonds is 2. The van der Waals surface area contributed by atoms with Crippen LogP contribution in [-0.4, -0.2) is 10.9 Å². The van der Waals surface area contributed by atoms with E-state index in [-0.39, 0.29) is 0 Å². The van der Waals surface area contributed by atoms with Crippen LogP contribution < -0.4 is 0 Å². The normalized spacial score (nSPS) is 12.9. The van der Waals surface area contributed by atoms with Crippen molar-refractivity contribution >= 4 is 5.71 Å². The Labute approximate surface area is 85.0 Å². The fraction of sp³-hybridized carbons (Fsp3) is 0.300. The molecule has 0 aliphatic rings. The molecule has 15 heavy (non-hydrogen) atoms. The standard InChI is InChI=1S/C10H10F3NO/c1-2-9(14-15)7-3-5-8(6-4-7)10(11,12)13/h3-6,15H,2H2,1H3. The summed E-state index contributed by atoms with van der Waals surface area (Å²) >= 11 is 0. The van der Waals surface area contributed by atoms with Gasteiger partial charge in [-0.05, 0) is 24.1 Å². The highest BCUT2D eigenvalue weighted by molar-refractivity contribution is 5.99. The first kappa shape index (κ1) is 11.6. The summed E-state index contributed by atoms with van der Waals surface area (Å²) < 4.78 is 36.6. The van der Waals surface area contributed by atoms with Crippen molar-refractivity contribution in [1.29, 1.82) is 0 Å². The molecule has 0 saturated heterocycles. The van der Waals surface area contributed by atoms with Crippen molar-refractivity contribution in [3.05, 3.63) is 35.4 Å². The molecule has 0 aliphatic heterocycles. The summed E-state index contributed by atoms with van der Waals surface area (Å²) in [5, 5.41) is 11.6. The highest BCUT2D eigenvalue weighted by atomic mass is 19.4. The predicted octanol–water partition coefficient (Wildman–Crippen LogP) is 3.29. The molecule has 0 radical (unpaired) electrons. The van der Waals surface area contributed by atoms with E-state index in [9.17, 15) is 13.2 Å². The number of halogens is 3. The van der Waals surface area contributed by atoms with Gasteiger partial charge in [0.1, 0.15) is 0 Å². The monoisotopic (exact) mass is 217 g/mol. The van der Waals surface area contributed by atoms with Crippen LogP contribution in [0.5, 0.6) is 0 Å². The summed E-state index contributed by atoms with van der Waals surface area (Å²) in [6.45, 7) is 1.76. The van der Waals surface area contributed by atoms with Crippen molar-refractivity contribution in [1.82, 2.24) is 0 Å². The van der Waals surface area contributed by atoms with E-state index in [0.29, 0.717) is 17.7 Å². The largest absolute Gasteiger partial charge is 0.416 e. The molecule has 1 rings (SSSR count). The number of hydrogen-bond acceptors (Lipinski definition) is 2. The van der Waals surface area contributed by atoms with E-state index in [0.717, 1.165) is 12.1 Å². The summed E-state index contributed by atoms with van der Waals surface area (Å²) in [5.74, 6) is 0. The van der Waals surface area contributed by atoms with Gasteiger partial charge in [-0.1, -0.05) is 24.2 Å². The molecule has 0 aromatic heterocycles. The fourth-order valence-electron chi connectivity index (χ4n) is 1.18. The van der Waals surface area contributed by atoms with Crippen LogP contribution in [0.4, 0.5) is 13.2 Å². The Morgan fingerprint density at radius 1 is 1.27 bits per heavy atom. The minimum Gasteiger partial charge on any atom is -0.411 e. The predicted molar refractivity (Wildman–Crippen MR) is 50.1 cm³/mol. The Morgan fingerprint density at radius 2 is 1.80 bits per heavy atom. The van der Waals surface area contributed by atoms with Gasteiger partial charge >= 0.3 is 6.18 Å². The zero-order valence-electron chi connectivity index (χ0n) is 8.04. The van der Waals surface area contributed by atoms with Gasteiger partial charge in [-0.25, -0.2) is 0 Å². The van der Waals surface area contributed by atoms with Crippen LogP contribution in [0, 0.1) is 0 Å². The minimum atomic E-state index is -4.33. The average molecular weight is 217 g/mol. The highest BCUT2D eigenvalue weighted by Gasteiger charge is 2.30. The molecule has 1 aromatic rings. The van der Waals surface area contributed by atoms with E-state index in [4.69, 9.17) is 5.21 Å². The number of benzene rings is 1. The van der Waals surface area contributed by atoms with Gasteiger partial charge in [0.2, 0.25) is 0 Å². The van der Waals surface area contributed by atoms with Crippen molar-refractivity contribution < 1.29 is 18.4 Å². The molecule has 2 nitrogen and oxygen atoms in total. The van der Waals surface area contributed by atoms with Gasteiger partial charge in [0.25, 0.3) is 0 Å². The van der Waals surface area contributed by atoms with E-state index >= 15 is 0 Å². The van der Waals surface area contributed by atoms with Crippen LogP contribution in [-0.2, 0) is 6.18 Å². The van der Waals surface area contributed by atoms with Crippen LogP contribution in [0.3, 0.4) is 0 Å². The van der Waals surface area contributed by atoms with Crippen LogP contribution in [0.15, 0.2) is 29.4 Å². The maximum atomic E-state index is 12.2. The van der Waals surface area contributed by atoms with Crippen LogP contribution in [0.1, 0.15) is 24.5 Å². The zero-order valence-corrected chi connectivity index (χ0v) is 8.04. The maximum Gasteiger partial charge on any atom is 0.416 e. The van der Waals surface area contributed by atoms with Crippen molar-refractivity contribution in [2.24, 2.45) is 5.16 Å². The molecule has 0 heterocycles. The molecular formula is C10H10F3NO. The molecule has 0 saturated carbocycles. The van der Waals surface area contributed by atoms with Gasteiger partial charge in [-0.2, -0.15) is 13.2 Å². The first-order valence-corrected chi connectivity index (χ1v) is 4.37. The van der Waals surface area contributed by atoms with Gasteiger partial charge in [-0.15, -0.1) is 0 Å². The van der Waals surface area contributed by atoms with Gasteiger partial charge < -0.3 is 5.21 Å². The second kappa shape index (κ2) is 4.33. The number of nitrogens with zero attached hydrogens (tertiary/aromatic N) is 1. The number of hydrogen-bond donors (Lipinski definition) is 1. The lowest BCUT2D eigenvalue weighted by atomic mass is 10.1. The first-order chi connectivity index (χ1) is 6.99. The molecule has 0 unspecified atom stereocenters. The second-order valence-electron chi connectivity index (χ2n) is 2.98. The minimum absolute atomic E-state index is 0.365. The molecule has 0 atom stereocenters. The summed E-state index contributed by atoms with van der Waals surface area (Å²) in [6, 6.07) is 4.52. The van der Waals surface area contributed by atoms with Crippen LogP contribution in [0.2, 0.25) is 0 Å². The Balaban J connectivity index is 3.00. The van der Waals surface area contributed by atoms with Gasteiger partial charge in [0.15, 0.2) is 0 Å². The zero-order chi connectivity index (χ0) is 11.5. The van der Waals surface area contributed by atoms with Gasteiger partial charge in [-0.3, -0.25) is 0 Å². The second-order valence-corrected chi connectivity index (χ2v) is 2.98. The summed E-state index contributed by atoms with van der Waals surface area (Å²) in [7, 11) is 0. The number of alkyl halides is 3. The molecule has 0 fully saturated rings. The Bertz CT molecular complexity index is 354. The summed E-state index contributed by atoms with van der Waals surface area (Å²) in [4.78, 5) is 0. The van der Waals surface area contributed by atoms with Crippen molar-refractivity contribution in [3.8, 4) is 0 Å². The fourth-order valence-corrected chi connectivity index (χ4v) is 1.18. The van der Waals surface area contributed by atoms with Crippen molar-refractivity contribution in [2.75, 3.05) is 0 Å². The smallest absolute Gasteiger partial charge is 0.411 e.